The van der Waals surface area contributed by atoms with Gasteiger partial charge in [-0.2, -0.15) is 0 Å². The van der Waals surface area contributed by atoms with E-state index in [4.69, 9.17) is 9.15 Å². The molecular weight excluding hydrogens is 393 g/mol. The van der Waals surface area contributed by atoms with Crippen LogP contribution < -0.4 is 0 Å². The first kappa shape index (κ1) is 19.4. The zero-order valence-electron chi connectivity index (χ0n) is 14.6. The Morgan fingerprint density at radius 1 is 1.17 bits per heavy atom. The number of fused-ring (bicyclic) bond motifs is 1. The molecule has 3 aromatic rings. The summed E-state index contributed by atoms with van der Waals surface area (Å²) in [5.74, 6) is -1.25. The summed E-state index contributed by atoms with van der Waals surface area (Å²) < 4.78 is 25.7. The van der Waals surface area contributed by atoms with E-state index in [1.54, 1.807) is 0 Å². The van der Waals surface area contributed by atoms with E-state index in [0.717, 1.165) is 18.2 Å². The van der Waals surface area contributed by atoms with E-state index < -0.39 is 53.9 Å². The van der Waals surface area contributed by atoms with Crippen molar-refractivity contribution in [3.8, 4) is 11.6 Å². The molecule has 0 amide bonds. The number of imidazole rings is 1. The fraction of sp³-hybridized carbons (Fsp3) is 0.353. The van der Waals surface area contributed by atoms with E-state index >= 15 is 0 Å². The van der Waals surface area contributed by atoms with Crippen molar-refractivity contribution in [2.24, 2.45) is 0 Å². The van der Waals surface area contributed by atoms with Gasteiger partial charge in [0.2, 0.25) is 0 Å². The van der Waals surface area contributed by atoms with Crippen molar-refractivity contribution in [3.05, 3.63) is 46.3 Å². The van der Waals surface area contributed by atoms with Crippen LogP contribution in [-0.4, -0.2) is 65.9 Å². The number of rotatable bonds is 4. The van der Waals surface area contributed by atoms with Gasteiger partial charge in [-0.25, -0.2) is 9.37 Å². The van der Waals surface area contributed by atoms with E-state index in [1.807, 2.05) is 0 Å². The van der Waals surface area contributed by atoms with Crippen LogP contribution in [0.3, 0.4) is 0 Å². The third-order valence-corrected chi connectivity index (χ3v) is 4.77. The van der Waals surface area contributed by atoms with Crippen LogP contribution in [0.15, 0.2) is 34.7 Å². The SMILES string of the molecule is O=[N+]([O-])c1ccc(-c2nc3cc(F)ccc3n2[C@H]2O[C@H](CO)[C@H](O)[C@H](O)[C@H]2O)o1. The molecule has 4 N–H and O–H groups in total. The third-order valence-electron chi connectivity index (χ3n) is 4.77. The molecule has 4 rings (SSSR count). The minimum atomic E-state index is -1.66. The Morgan fingerprint density at radius 3 is 2.59 bits per heavy atom. The maximum absolute atomic E-state index is 13.7. The van der Waals surface area contributed by atoms with Crippen molar-refractivity contribution in [2.75, 3.05) is 6.61 Å². The summed E-state index contributed by atoms with van der Waals surface area (Å²) in [6.45, 7) is -0.649. The lowest BCUT2D eigenvalue weighted by Crippen LogP contribution is -2.56. The number of hydrogen-bond acceptors (Lipinski definition) is 9. The molecule has 5 atom stereocenters. The Morgan fingerprint density at radius 2 is 1.93 bits per heavy atom. The zero-order valence-corrected chi connectivity index (χ0v) is 14.6. The van der Waals surface area contributed by atoms with Crippen LogP contribution in [0, 0.1) is 15.9 Å². The monoisotopic (exact) mass is 409 g/mol. The molecule has 11 nitrogen and oxygen atoms in total. The van der Waals surface area contributed by atoms with Gasteiger partial charge in [0.05, 0.1) is 23.7 Å². The fourth-order valence-corrected chi connectivity index (χ4v) is 3.34. The van der Waals surface area contributed by atoms with Crippen LogP contribution in [0.5, 0.6) is 0 Å². The highest BCUT2D eigenvalue weighted by Gasteiger charge is 2.45. The predicted molar refractivity (Wildman–Crippen MR) is 93.1 cm³/mol. The lowest BCUT2D eigenvalue weighted by molar-refractivity contribution is -0.401. The number of hydrogen-bond donors (Lipinski definition) is 4. The molecule has 0 radical (unpaired) electrons. The smallest absolute Gasteiger partial charge is 0.397 e. The molecule has 29 heavy (non-hydrogen) atoms. The number of ether oxygens (including phenoxy) is 1. The average molecular weight is 409 g/mol. The second kappa shape index (κ2) is 7.17. The predicted octanol–water partition coefficient (Wildman–Crippen LogP) is 0.316. The molecule has 0 saturated carbocycles. The van der Waals surface area contributed by atoms with Gasteiger partial charge in [0, 0.05) is 6.07 Å². The molecule has 1 aliphatic rings. The molecule has 0 bridgehead atoms. The first-order chi connectivity index (χ1) is 13.8. The van der Waals surface area contributed by atoms with Gasteiger partial charge < -0.3 is 29.6 Å². The van der Waals surface area contributed by atoms with Gasteiger partial charge in [0.15, 0.2) is 17.8 Å². The number of nitro groups is 1. The van der Waals surface area contributed by atoms with Gasteiger partial charge in [-0.3, -0.25) is 14.7 Å². The summed E-state index contributed by atoms with van der Waals surface area (Å²) in [4.78, 5) is 14.4. The maximum atomic E-state index is 13.7. The number of furan rings is 1. The van der Waals surface area contributed by atoms with E-state index in [0.29, 0.717) is 0 Å². The van der Waals surface area contributed by atoms with E-state index in [9.17, 15) is 34.9 Å². The van der Waals surface area contributed by atoms with Gasteiger partial charge in [-0.1, -0.05) is 0 Å². The minimum absolute atomic E-state index is 0.0389. The van der Waals surface area contributed by atoms with E-state index in [1.165, 1.54) is 16.7 Å². The van der Waals surface area contributed by atoms with Crippen LogP contribution in [-0.2, 0) is 4.74 Å². The second-order valence-electron chi connectivity index (χ2n) is 6.55. The normalized spacial score (nSPS) is 27.4. The van der Waals surface area contributed by atoms with Crippen molar-refractivity contribution in [3.63, 3.8) is 0 Å². The molecular formula is C17H16FN3O8. The van der Waals surface area contributed by atoms with Gasteiger partial charge >= 0.3 is 5.88 Å². The summed E-state index contributed by atoms with van der Waals surface area (Å²) in [5.41, 5.74) is 0.404. The molecule has 12 heteroatoms. The van der Waals surface area contributed by atoms with Gasteiger partial charge in [-0.15, -0.1) is 0 Å². The molecule has 0 unspecified atom stereocenters. The highest BCUT2D eigenvalue weighted by molar-refractivity contribution is 5.80. The van der Waals surface area contributed by atoms with Crippen LogP contribution in [0.1, 0.15) is 6.23 Å². The quantitative estimate of drug-likeness (QED) is 0.351. The van der Waals surface area contributed by atoms with Gasteiger partial charge in [0.1, 0.15) is 35.2 Å². The lowest BCUT2D eigenvalue weighted by atomic mass is 9.98. The molecule has 3 heterocycles. The van der Waals surface area contributed by atoms with E-state index in [-0.39, 0.29) is 22.6 Å². The van der Waals surface area contributed by atoms with Crippen LogP contribution in [0.4, 0.5) is 10.3 Å². The molecule has 1 aliphatic heterocycles. The van der Waals surface area contributed by atoms with Crippen molar-refractivity contribution >= 4 is 16.9 Å². The number of aliphatic hydroxyl groups is 4. The summed E-state index contributed by atoms with van der Waals surface area (Å²) in [5, 5.41) is 51.0. The fourth-order valence-electron chi connectivity index (χ4n) is 3.34. The van der Waals surface area contributed by atoms with Crippen molar-refractivity contribution in [2.45, 2.75) is 30.6 Å². The first-order valence-electron chi connectivity index (χ1n) is 8.54. The Labute approximate surface area is 161 Å². The largest absolute Gasteiger partial charge is 0.433 e. The molecule has 0 spiro atoms. The summed E-state index contributed by atoms with van der Waals surface area (Å²) >= 11 is 0. The summed E-state index contributed by atoms with van der Waals surface area (Å²) in [6, 6.07) is 5.97. The van der Waals surface area contributed by atoms with Crippen molar-refractivity contribution < 1.29 is 38.9 Å². The molecule has 1 fully saturated rings. The molecule has 1 aromatic carbocycles. The maximum Gasteiger partial charge on any atom is 0.433 e. The summed E-state index contributed by atoms with van der Waals surface area (Å²) in [7, 11) is 0. The third kappa shape index (κ3) is 3.16. The average Bonchev–Trinajstić information content (AvgIpc) is 3.31. The molecule has 2 aromatic heterocycles. The Bertz CT molecular complexity index is 1060. The Kier molecular flexibility index (Phi) is 4.80. The second-order valence-corrected chi connectivity index (χ2v) is 6.55. The zero-order chi connectivity index (χ0) is 20.9. The minimum Gasteiger partial charge on any atom is -0.397 e. The van der Waals surface area contributed by atoms with E-state index in [2.05, 4.69) is 4.98 Å². The molecule has 154 valence electrons. The van der Waals surface area contributed by atoms with Gasteiger partial charge in [-0.05, 0) is 18.2 Å². The summed E-state index contributed by atoms with van der Waals surface area (Å²) in [6.07, 6.45) is -7.46. The number of aliphatic hydroxyl groups excluding tert-OH is 4. The van der Waals surface area contributed by atoms with Gasteiger partial charge in [0.25, 0.3) is 0 Å². The number of halogens is 1. The number of benzene rings is 1. The number of aromatic nitrogens is 2. The van der Waals surface area contributed by atoms with Crippen LogP contribution in [0.2, 0.25) is 0 Å². The van der Waals surface area contributed by atoms with Crippen LogP contribution in [0.25, 0.3) is 22.6 Å². The standard InChI is InChI=1S/C17H16FN3O8/c18-7-1-2-9-8(5-7)19-16(10-3-4-12(28-10)21(26)27)20(9)17-15(25)14(24)13(23)11(6-22)29-17/h1-5,11,13-15,17,22-25H,6H2/t11-,13+,14+,15-,17+/m1/s1. The first-order valence-corrected chi connectivity index (χ1v) is 8.54. The highest BCUT2D eigenvalue weighted by atomic mass is 19.1. The Balaban J connectivity index is 1.90. The highest BCUT2D eigenvalue weighted by Crippen LogP contribution is 2.37. The molecule has 0 aliphatic carbocycles. The topological polar surface area (TPSA) is 164 Å². The van der Waals surface area contributed by atoms with Crippen molar-refractivity contribution in [1.82, 2.24) is 9.55 Å². The Hall–Kier alpha value is -2.90. The van der Waals surface area contributed by atoms with Crippen molar-refractivity contribution in [1.29, 1.82) is 0 Å². The molecule has 1 saturated heterocycles. The van der Waals surface area contributed by atoms with Crippen LogP contribution >= 0.6 is 0 Å². The lowest BCUT2D eigenvalue weighted by Gasteiger charge is -2.40. The number of nitrogens with zero attached hydrogens (tertiary/aromatic N) is 3.